The Morgan fingerprint density at radius 1 is 1.32 bits per heavy atom. The molecule has 1 aromatic heterocycles. The third-order valence-corrected chi connectivity index (χ3v) is 4.16. The lowest BCUT2D eigenvalue weighted by Crippen LogP contribution is -2.16. The zero-order chi connectivity index (χ0) is 14.0. The smallest absolute Gasteiger partial charge is 0.135 e. The molecule has 1 aromatic carbocycles. The van der Waals surface area contributed by atoms with E-state index < -0.39 is 0 Å². The van der Waals surface area contributed by atoms with E-state index >= 15 is 0 Å². The summed E-state index contributed by atoms with van der Waals surface area (Å²) in [5.41, 5.74) is 8.02. The lowest BCUT2D eigenvalue weighted by molar-refractivity contribution is 0.872. The number of aromatic nitrogens is 2. The van der Waals surface area contributed by atoms with E-state index in [2.05, 4.69) is 26.1 Å². The lowest BCUT2D eigenvalue weighted by atomic mass is 10.1. The van der Waals surface area contributed by atoms with Crippen LogP contribution in [0.4, 0.5) is 0 Å². The molecule has 0 radical (unpaired) electrons. The van der Waals surface area contributed by atoms with Crippen LogP contribution in [0.3, 0.4) is 0 Å². The highest BCUT2D eigenvalue weighted by molar-refractivity contribution is 9.10. The highest BCUT2D eigenvalue weighted by atomic mass is 79.9. The Hall–Kier alpha value is -1.40. The first-order valence-electron chi connectivity index (χ1n) is 5.60. The average Bonchev–Trinajstić information content (AvgIpc) is 2.33. The maximum absolute atomic E-state index is 7.71. The minimum absolute atomic E-state index is 0.0213. The topological polar surface area (TPSA) is 75.7 Å². The summed E-state index contributed by atoms with van der Waals surface area (Å²) in [5.74, 6) is 0.0213. The Labute approximate surface area is 124 Å². The number of hydrogen-bond donors (Lipinski definition) is 2. The summed E-state index contributed by atoms with van der Waals surface area (Å²) < 4.78 is 0.999. The summed E-state index contributed by atoms with van der Waals surface area (Å²) in [6.45, 7) is 3.77. The monoisotopic (exact) mass is 336 g/mol. The predicted octanol–water partition coefficient (Wildman–Crippen LogP) is 3.29. The Bertz CT molecular complexity index is 643. The molecule has 4 nitrogen and oxygen atoms in total. The number of nitrogen functional groups attached to an aromatic ring is 1. The highest BCUT2D eigenvalue weighted by Crippen LogP contribution is 2.31. The van der Waals surface area contributed by atoms with Gasteiger partial charge in [-0.3, -0.25) is 5.41 Å². The van der Waals surface area contributed by atoms with Gasteiger partial charge in [-0.25, -0.2) is 0 Å². The van der Waals surface area contributed by atoms with Crippen LogP contribution < -0.4 is 5.73 Å². The van der Waals surface area contributed by atoms with Crippen molar-refractivity contribution in [3.05, 3.63) is 45.6 Å². The van der Waals surface area contributed by atoms with Gasteiger partial charge in [0.25, 0.3) is 0 Å². The number of aryl methyl sites for hydroxylation is 1. The van der Waals surface area contributed by atoms with Crippen molar-refractivity contribution in [3.8, 4) is 0 Å². The Kier molecular flexibility index (Phi) is 4.21. The molecule has 0 spiro atoms. The van der Waals surface area contributed by atoms with Gasteiger partial charge >= 0.3 is 0 Å². The zero-order valence-corrected chi connectivity index (χ0v) is 13.0. The van der Waals surface area contributed by atoms with E-state index in [0.717, 1.165) is 20.6 Å². The largest absolute Gasteiger partial charge is 0.384 e. The molecule has 0 fully saturated rings. The number of benzene rings is 1. The highest BCUT2D eigenvalue weighted by Gasteiger charge is 2.14. The Balaban J connectivity index is 2.46. The van der Waals surface area contributed by atoms with Crippen LogP contribution >= 0.6 is 27.7 Å². The van der Waals surface area contributed by atoms with Crippen LogP contribution in [0.25, 0.3) is 0 Å². The lowest BCUT2D eigenvalue weighted by Gasteiger charge is -2.11. The average molecular weight is 337 g/mol. The van der Waals surface area contributed by atoms with Gasteiger partial charge in [-0.2, -0.15) is 5.10 Å². The molecule has 2 rings (SSSR count). The van der Waals surface area contributed by atoms with Crippen molar-refractivity contribution < 1.29 is 0 Å². The summed E-state index contributed by atoms with van der Waals surface area (Å²) >= 11 is 4.89. The predicted molar refractivity (Wildman–Crippen MR) is 80.8 cm³/mol. The van der Waals surface area contributed by atoms with Gasteiger partial charge in [-0.15, -0.1) is 5.10 Å². The Morgan fingerprint density at radius 2 is 2.05 bits per heavy atom. The van der Waals surface area contributed by atoms with Crippen LogP contribution in [-0.4, -0.2) is 16.0 Å². The van der Waals surface area contributed by atoms with E-state index in [1.807, 2.05) is 38.1 Å². The first-order valence-corrected chi connectivity index (χ1v) is 7.21. The summed E-state index contributed by atoms with van der Waals surface area (Å²) in [6, 6.07) is 7.89. The molecule has 2 aromatic rings. The van der Waals surface area contributed by atoms with Gasteiger partial charge in [0.2, 0.25) is 0 Å². The number of nitrogens with zero attached hydrogens (tertiary/aromatic N) is 2. The molecule has 0 atom stereocenters. The second-order valence-corrected chi connectivity index (χ2v) is 6.04. The minimum atomic E-state index is 0.0213. The van der Waals surface area contributed by atoms with Gasteiger partial charge in [0.1, 0.15) is 10.9 Å². The fourth-order valence-corrected chi connectivity index (χ4v) is 3.17. The van der Waals surface area contributed by atoms with E-state index in [0.29, 0.717) is 10.6 Å². The molecule has 0 aliphatic heterocycles. The fourth-order valence-electron chi connectivity index (χ4n) is 1.62. The van der Waals surface area contributed by atoms with Crippen molar-refractivity contribution in [2.45, 2.75) is 23.8 Å². The third-order valence-electron chi connectivity index (χ3n) is 2.70. The second-order valence-electron chi connectivity index (χ2n) is 4.06. The van der Waals surface area contributed by atoms with Crippen LogP contribution in [0, 0.1) is 19.3 Å². The number of halogens is 1. The summed E-state index contributed by atoms with van der Waals surface area (Å²) in [5, 5.41) is 16.6. The van der Waals surface area contributed by atoms with E-state index in [1.165, 1.54) is 11.8 Å². The van der Waals surface area contributed by atoms with Gasteiger partial charge in [0, 0.05) is 9.37 Å². The van der Waals surface area contributed by atoms with E-state index in [9.17, 15) is 0 Å². The van der Waals surface area contributed by atoms with Gasteiger partial charge < -0.3 is 5.73 Å². The van der Waals surface area contributed by atoms with Gasteiger partial charge in [-0.1, -0.05) is 33.8 Å². The summed E-state index contributed by atoms with van der Waals surface area (Å²) in [7, 11) is 0. The van der Waals surface area contributed by atoms with Crippen LogP contribution in [-0.2, 0) is 0 Å². The second kappa shape index (κ2) is 5.71. The maximum atomic E-state index is 7.71. The quantitative estimate of drug-likeness (QED) is 0.666. The molecule has 19 heavy (non-hydrogen) atoms. The van der Waals surface area contributed by atoms with E-state index in [1.54, 1.807) is 0 Å². The Morgan fingerprint density at radius 3 is 2.68 bits per heavy atom. The van der Waals surface area contributed by atoms with Crippen molar-refractivity contribution in [3.63, 3.8) is 0 Å². The first-order chi connectivity index (χ1) is 8.99. The molecule has 6 heteroatoms. The number of nitrogens with one attached hydrogen (secondary N) is 1. The maximum Gasteiger partial charge on any atom is 0.135 e. The summed E-state index contributed by atoms with van der Waals surface area (Å²) in [4.78, 5) is 1.02. The SMILES string of the molecule is Cc1nnc(Sc2cccc(Br)c2)c(C(=N)N)c1C. The summed E-state index contributed by atoms with van der Waals surface area (Å²) in [6.07, 6.45) is 0. The van der Waals surface area contributed by atoms with Crippen molar-refractivity contribution >= 4 is 33.5 Å². The number of hydrogen-bond acceptors (Lipinski definition) is 4. The molecule has 3 N–H and O–H groups in total. The number of nitrogens with two attached hydrogens (primary N) is 1. The fraction of sp³-hybridized carbons (Fsp3) is 0.154. The molecule has 0 amide bonds. The molecule has 0 aliphatic rings. The van der Waals surface area contributed by atoms with Crippen molar-refractivity contribution in [2.75, 3.05) is 0 Å². The van der Waals surface area contributed by atoms with Crippen molar-refractivity contribution in [1.29, 1.82) is 5.41 Å². The molecule has 0 saturated carbocycles. The van der Waals surface area contributed by atoms with E-state index in [4.69, 9.17) is 11.1 Å². The molecule has 0 aliphatic carbocycles. The molecular formula is C13H13BrN4S. The molecular weight excluding hydrogens is 324 g/mol. The number of amidine groups is 1. The van der Waals surface area contributed by atoms with E-state index in [-0.39, 0.29) is 5.84 Å². The minimum Gasteiger partial charge on any atom is -0.384 e. The first kappa shape index (κ1) is 14.0. The van der Waals surface area contributed by atoms with Crippen molar-refractivity contribution in [1.82, 2.24) is 10.2 Å². The third kappa shape index (κ3) is 3.13. The zero-order valence-electron chi connectivity index (χ0n) is 10.6. The molecule has 98 valence electrons. The van der Waals surface area contributed by atoms with Crippen LogP contribution in [0.2, 0.25) is 0 Å². The van der Waals surface area contributed by atoms with Crippen LogP contribution in [0.15, 0.2) is 38.7 Å². The number of rotatable bonds is 3. The molecule has 0 unspecified atom stereocenters. The molecule has 1 heterocycles. The van der Waals surface area contributed by atoms with Gasteiger partial charge in [0.05, 0.1) is 11.3 Å². The van der Waals surface area contributed by atoms with Crippen molar-refractivity contribution in [2.24, 2.45) is 5.73 Å². The van der Waals surface area contributed by atoms with Gasteiger partial charge in [0.15, 0.2) is 0 Å². The molecule has 0 bridgehead atoms. The molecule has 0 saturated heterocycles. The standard InChI is InChI=1S/C13H13BrN4S/c1-7-8(2)17-18-13(11(7)12(15)16)19-10-5-3-4-9(14)6-10/h3-6H,1-2H3,(H3,15,16). The van der Waals surface area contributed by atoms with Gasteiger partial charge in [-0.05, 0) is 37.6 Å². The van der Waals surface area contributed by atoms with Crippen LogP contribution in [0.1, 0.15) is 16.8 Å². The normalized spacial score (nSPS) is 10.5. The van der Waals surface area contributed by atoms with Crippen LogP contribution in [0.5, 0.6) is 0 Å².